The molecule has 0 atom stereocenters. The molecule has 4 aromatic carbocycles. The van der Waals surface area contributed by atoms with E-state index in [1.165, 1.54) is 42.9 Å². The van der Waals surface area contributed by atoms with Crippen molar-refractivity contribution in [3.05, 3.63) is 108 Å². The summed E-state index contributed by atoms with van der Waals surface area (Å²) in [7, 11) is 0. The summed E-state index contributed by atoms with van der Waals surface area (Å²) in [5.41, 5.74) is 4.75. The summed E-state index contributed by atoms with van der Waals surface area (Å²) in [6.07, 6.45) is 11.0. The molecule has 180 valence electrons. The number of unbranched alkanes of at least 4 members (excludes halogenated alkanes) is 4. The maximum atomic E-state index is 15.4. The molecule has 0 N–H and O–H groups in total. The fraction of sp³-hybridized carbons (Fsp3) is 0.273. The van der Waals surface area contributed by atoms with Crippen molar-refractivity contribution in [1.82, 2.24) is 0 Å². The van der Waals surface area contributed by atoms with Gasteiger partial charge in [0, 0.05) is 16.5 Å². The van der Waals surface area contributed by atoms with Gasteiger partial charge in [0.2, 0.25) is 0 Å². The first-order chi connectivity index (χ1) is 17.1. The Morgan fingerprint density at radius 2 is 1.40 bits per heavy atom. The zero-order valence-electron chi connectivity index (χ0n) is 20.6. The molecule has 0 aliphatic carbocycles. The Bertz CT molecular complexity index is 1280. The molecule has 0 nitrogen and oxygen atoms in total. The zero-order chi connectivity index (χ0) is 24.6. The van der Waals surface area contributed by atoms with Gasteiger partial charge in [-0.1, -0.05) is 105 Å². The second-order valence-electron chi connectivity index (χ2n) is 9.37. The third-order valence-corrected chi connectivity index (χ3v) is 6.77. The summed E-state index contributed by atoms with van der Waals surface area (Å²) in [5.74, 6) is -0.644. The van der Waals surface area contributed by atoms with Gasteiger partial charge < -0.3 is 0 Å². The number of allylic oxidation sites excluding steroid dienone is 1. The molecule has 0 amide bonds. The van der Waals surface area contributed by atoms with E-state index in [0.29, 0.717) is 22.1 Å². The van der Waals surface area contributed by atoms with Crippen LogP contribution in [0.4, 0.5) is 8.78 Å². The highest BCUT2D eigenvalue weighted by atomic mass is 19.1. The fourth-order valence-corrected chi connectivity index (χ4v) is 4.69. The summed E-state index contributed by atoms with van der Waals surface area (Å²) >= 11 is 0. The summed E-state index contributed by atoms with van der Waals surface area (Å²) in [6.45, 7) is 5.98. The molecule has 0 fully saturated rings. The van der Waals surface area contributed by atoms with Gasteiger partial charge in [-0.15, -0.1) is 6.58 Å². The lowest BCUT2D eigenvalue weighted by Gasteiger charge is -2.11. The Morgan fingerprint density at radius 3 is 2.14 bits per heavy atom. The summed E-state index contributed by atoms with van der Waals surface area (Å²) < 4.78 is 30.5. The lowest BCUT2D eigenvalue weighted by atomic mass is 9.95. The quantitative estimate of drug-likeness (QED) is 0.152. The molecular formula is C33H34F2. The molecule has 0 bridgehead atoms. The van der Waals surface area contributed by atoms with Crippen molar-refractivity contribution in [1.29, 1.82) is 0 Å². The standard InChI is InChI=1S/C33H34F2/c1-3-5-7-8-9-11-25-14-19-30-27(22-25)18-21-31(33(30)35)28-17-20-29(32(34)23-28)26-15-12-24(13-16-26)10-6-4-2/h4,12-23H,2-3,5-11H2,1H3. The van der Waals surface area contributed by atoms with E-state index in [1.807, 2.05) is 48.5 Å². The summed E-state index contributed by atoms with van der Waals surface area (Å²) in [4.78, 5) is 0. The van der Waals surface area contributed by atoms with Crippen LogP contribution in [0.3, 0.4) is 0 Å². The summed E-state index contributed by atoms with van der Waals surface area (Å²) in [6, 6.07) is 22.6. The van der Waals surface area contributed by atoms with Crippen molar-refractivity contribution in [3.63, 3.8) is 0 Å². The number of hydrogen-bond donors (Lipinski definition) is 0. The van der Waals surface area contributed by atoms with Crippen LogP contribution >= 0.6 is 0 Å². The van der Waals surface area contributed by atoms with Crippen LogP contribution in [0.15, 0.2) is 85.5 Å². The minimum Gasteiger partial charge on any atom is -0.206 e. The molecule has 0 spiro atoms. The first-order valence-corrected chi connectivity index (χ1v) is 12.8. The maximum Gasteiger partial charge on any atom is 0.138 e. The number of rotatable bonds is 11. The van der Waals surface area contributed by atoms with Crippen LogP contribution in [0.5, 0.6) is 0 Å². The van der Waals surface area contributed by atoms with Crippen molar-refractivity contribution in [3.8, 4) is 22.3 Å². The van der Waals surface area contributed by atoms with E-state index in [4.69, 9.17) is 0 Å². The Balaban J connectivity index is 1.53. The fourth-order valence-electron chi connectivity index (χ4n) is 4.69. The van der Waals surface area contributed by atoms with E-state index in [2.05, 4.69) is 19.6 Å². The van der Waals surface area contributed by atoms with E-state index in [-0.39, 0.29) is 11.6 Å². The van der Waals surface area contributed by atoms with Crippen LogP contribution in [-0.4, -0.2) is 0 Å². The second kappa shape index (κ2) is 11.9. The third-order valence-electron chi connectivity index (χ3n) is 6.77. The first-order valence-electron chi connectivity index (χ1n) is 12.8. The smallest absolute Gasteiger partial charge is 0.138 e. The average Bonchev–Trinajstić information content (AvgIpc) is 2.88. The van der Waals surface area contributed by atoms with Crippen LogP contribution in [-0.2, 0) is 12.8 Å². The van der Waals surface area contributed by atoms with Crippen molar-refractivity contribution >= 4 is 10.8 Å². The maximum absolute atomic E-state index is 15.4. The lowest BCUT2D eigenvalue weighted by molar-refractivity contribution is 0.630. The molecule has 0 aliphatic rings. The predicted molar refractivity (Wildman–Crippen MR) is 146 cm³/mol. The number of fused-ring (bicyclic) bond motifs is 1. The van der Waals surface area contributed by atoms with Gasteiger partial charge in [-0.3, -0.25) is 0 Å². The van der Waals surface area contributed by atoms with Crippen LogP contribution in [0, 0.1) is 11.6 Å². The molecule has 0 saturated heterocycles. The normalized spacial score (nSPS) is 11.2. The SMILES string of the molecule is C=CCCc1ccc(-c2ccc(-c3ccc4cc(CCCCCCC)ccc4c3F)cc2F)cc1. The molecule has 0 aliphatic heterocycles. The Labute approximate surface area is 208 Å². The molecule has 0 unspecified atom stereocenters. The second-order valence-corrected chi connectivity index (χ2v) is 9.37. The minimum atomic E-state index is -0.348. The topological polar surface area (TPSA) is 0 Å². The predicted octanol–water partition coefficient (Wildman–Crippen LogP) is 10.1. The molecular weight excluding hydrogens is 434 g/mol. The number of benzene rings is 4. The highest BCUT2D eigenvalue weighted by Gasteiger charge is 2.13. The van der Waals surface area contributed by atoms with E-state index in [9.17, 15) is 0 Å². The highest BCUT2D eigenvalue weighted by Crippen LogP contribution is 2.33. The molecule has 2 heteroatoms. The van der Waals surface area contributed by atoms with Gasteiger partial charge in [0.05, 0.1) is 0 Å². The molecule has 0 saturated carbocycles. The van der Waals surface area contributed by atoms with Gasteiger partial charge in [0.15, 0.2) is 0 Å². The van der Waals surface area contributed by atoms with Crippen LogP contribution in [0.2, 0.25) is 0 Å². The van der Waals surface area contributed by atoms with Crippen molar-refractivity contribution in [2.24, 2.45) is 0 Å². The Kier molecular flexibility index (Phi) is 8.47. The van der Waals surface area contributed by atoms with Crippen molar-refractivity contribution < 1.29 is 8.78 Å². The molecule has 0 radical (unpaired) electrons. The van der Waals surface area contributed by atoms with Gasteiger partial charge in [0.25, 0.3) is 0 Å². The van der Waals surface area contributed by atoms with E-state index < -0.39 is 0 Å². The van der Waals surface area contributed by atoms with Gasteiger partial charge in [0.1, 0.15) is 11.6 Å². The zero-order valence-corrected chi connectivity index (χ0v) is 20.6. The van der Waals surface area contributed by atoms with Gasteiger partial charge in [-0.2, -0.15) is 0 Å². The molecule has 0 heterocycles. The minimum absolute atomic E-state index is 0.296. The van der Waals surface area contributed by atoms with Gasteiger partial charge in [-0.05, 0) is 59.4 Å². The molecule has 4 aromatic rings. The Hall–Kier alpha value is -3.26. The Morgan fingerprint density at radius 1 is 0.686 bits per heavy atom. The van der Waals surface area contributed by atoms with E-state index in [0.717, 1.165) is 36.6 Å². The van der Waals surface area contributed by atoms with E-state index in [1.54, 1.807) is 18.2 Å². The van der Waals surface area contributed by atoms with Crippen LogP contribution in [0.25, 0.3) is 33.0 Å². The first kappa shape index (κ1) is 24.9. The third kappa shape index (κ3) is 6.06. The highest BCUT2D eigenvalue weighted by molar-refractivity contribution is 5.89. The van der Waals surface area contributed by atoms with Gasteiger partial charge >= 0.3 is 0 Å². The number of hydrogen-bond acceptors (Lipinski definition) is 0. The van der Waals surface area contributed by atoms with Crippen molar-refractivity contribution in [2.75, 3.05) is 0 Å². The average molecular weight is 469 g/mol. The van der Waals surface area contributed by atoms with E-state index >= 15 is 8.78 Å². The number of aryl methyl sites for hydroxylation is 2. The molecule has 4 rings (SSSR count). The largest absolute Gasteiger partial charge is 0.206 e. The van der Waals surface area contributed by atoms with Crippen LogP contribution < -0.4 is 0 Å². The van der Waals surface area contributed by atoms with Gasteiger partial charge in [-0.25, -0.2) is 8.78 Å². The monoisotopic (exact) mass is 468 g/mol. The molecule has 35 heavy (non-hydrogen) atoms. The summed E-state index contributed by atoms with van der Waals surface area (Å²) in [5, 5.41) is 1.47. The molecule has 0 aromatic heterocycles. The van der Waals surface area contributed by atoms with Crippen molar-refractivity contribution in [2.45, 2.75) is 58.3 Å². The van der Waals surface area contributed by atoms with Crippen LogP contribution in [0.1, 0.15) is 56.6 Å². The lowest BCUT2D eigenvalue weighted by Crippen LogP contribution is -1.92. The number of halogens is 2.